The number of likely N-dealkylation sites (N-methyl/N-ethyl adjacent to an activating group) is 1. The van der Waals surface area contributed by atoms with E-state index in [0.717, 1.165) is 11.1 Å². The Kier molecular flexibility index (Phi) is 3.70. The average molecular weight is 348 g/mol. The number of carbonyl (C=O) groups excluding carboxylic acids is 2. The van der Waals surface area contributed by atoms with Crippen molar-refractivity contribution in [3.63, 3.8) is 0 Å². The fourth-order valence-electron chi connectivity index (χ4n) is 1.64. The second-order valence-corrected chi connectivity index (χ2v) is 6.64. The maximum Gasteiger partial charge on any atom is 0.247 e. The van der Waals surface area contributed by atoms with Gasteiger partial charge in [0.25, 0.3) is 0 Å². The number of carbonyl (C=O) groups is 2. The molecule has 7 nitrogen and oxygen atoms in total. The molecule has 1 aromatic heterocycles. The first kappa shape index (κ1) is 14.1. The minimum atomic E-state index is -3.89. The third kappa shape index (κ3) is 2.82. The Balaban J connectivity index is 2.24. The van der Waals surface area contributed by atoms with Crippen LogP contribution < -0.4 is 4.72 Å². The van der Waals surface area contributed by atoms with Crippen molar-refractivity contribution in [2.45, 2.75) is 17.4 Å². The molecule has 1 N–H and O–H groups in total. The van der Waals surface area contributed by atoms with Crippen LogP contribution in [0.1, 0.15) is 6.42 Å². The Hall–Kier alpha value is -1.32. The van der Waals surface area contributed by atoms with E-state index in [9.17, 15) is 18.0 Å². The highest BCUT2D eigenvalue weighted by Crippen LogP contribution is 2.17. The van der Waals surface area contributed by atoms with Gasteiger partial charge in [-0.3, -0.25) is 19.5 Å². The first-order valence-electron chi connectivity index (χ1n) is 5.24. The third-order valence-corrected chi connectivity index (χ3v) is 4.54. The molecule has 1 atom stereocenters. The molecule has 0 saturated carbocycles. The molecule has 0 spiro atoms. The Labute approximate surface area is 118 Å². The van der Waals surface area contributed by atoms with Gasteiger partial charge in [-0.1, -0.05) is 0 Å². The van der Waals surface area contributed by atoms with Crippen LogP contribution in [0, 0.1) is 0 Å². The van der Waals surface area contributed by atoms with Crippen molar-refractivity contribution in [3.8, 4) is 0 Å². The van der Waals surface area contributed by atoms with Crippen LogP contribution in [0.5, 0.6) is 0 Å². The van der Waals surface area contributed by atoms with Crippen molar-refractivity contribution in [2.75, 3.05) is 7.05 Å². The first-order chi connectivity index (χ1) is 8.81. The molecule has 1 aromatic rings. The molecule has 1 saturated heterocycles. The van der Waals surface area contributed by atoms with Crippen molar-refractivity contribution >= 4 is 37.8 Å². The van der Waals surface area contributed by atoms with E-state index < -0.39 is 27.9 Å². The predicted octanol–water partition coefficient (Wildman–Crippen LogP) is -0.120. The lowest BCUT2D eigenvalue weighted by Gasteiger charge is -2.11. The first-order valence-corrected chi connectivity index (χ1v) is 7.52. The minimum absolute atomic E-state index is 0.0725. The number of nitrogens with zero attached hydrogens (tertiary/aromatic N) is 2. The lowest BCUT2D eigenvalue weighted by molar-refractivity contribution is -0.137. The van der Waals surface area contributed by atoms with Gasteiger partial charge < -0.3 is 0 Å². The number of likely N-dealkylation sites (tertiary alicyclic amines) is 1. The largest absolute Gasteiger partial charge is 0.284 e. The van der Waals surface area contributed by atoms with E-state index in [2.05, 4.69) is 25.6 Å². The van der Waals surface area contributed by atoms with Crippen molar-refractivity contribution in [1.82, 2.24) is 14.6 Å². The van der Waals surface area contributed by atoms with Gasteiger partial charge in [-0.2, -0.15) is 4.72 Å². The number of aromatic nitrogens is 1. The van der Waals surface area contributed by atoms with Gasteiger partial charge in [0, 0.05) is 23.9 Å². The smallest absolute Gasteiger partial charge is 0.247 e. The van der Waals surface area contributed by atoms with E-state index >= 15 is 0 Å². The Morgan fingerprint density at radius 3 is 2.63 bits per heavy atom. The molecule has 2 heterocycles. The zero-order valence-electron chi connectivity index (χ0n) is 9.83. The molecule has 19 heavy (non-hydrogen) atoms. The molecule has 1 unspecified atom stereocenters. The van der Waals surface area contributed by atoms with Gasteiger partial charge in [0.1, 0.15) is 10.9 Å². The molecular weight excluding hydrogens is 338 g/mol. The lowest BCUT2D eigenvalue weighted by atomic mass is 10.3. The van der Waals surface area contributed by atoms with Crippen molar-refractivity contribution < 1.29 is 18.0 Å². The predicted molar refractivity (Wildman–Crippen MR) is 68.4 cm³/mol. The van der Waals surface area contributed by atoms with Gasteiger partial charge >= 0.3 is 0 Å². The topological polar surface area (TPSA) is 96.4 Å². The van der Waals surface area contributed by atoms with E-state index in [1.54, 1.807) is 0 Å². The SMILES string of the molecule is CN1C(=O)CC(NS(=O)(=O)c2cncc(Br)c2)C1=O. The molecule has 1 aliphatic rings. The van der Waals surface area contributed by atoms with Gasteiger partial charge in [0.05, 0.1) is 6.42 Å². The summed E-state index contributed by atoms with van der Waals surface area (Å²) in [6.07, 6.45) is 2.44. The van der Waals surface area contributed by atoms with Crippen LogP contribution in [-0.2, 0) is 19.6 Å². The summed E-state index contributed by atoms with van der Waals surface area (Å²) in [4.78, 5) is 27.5. The maximum atomic E-state index is 12.0. The normalized spacial score (nSPS) is 20.1. The Bertz CT molecular complexity index is 646. The van der Waals surface area contributed by atoms with E-state index in [1.807, 2.05) is 0 Å². The van der Waals surface area contributed by atoms with E-state index in [-0.39, 0.29) is 11.3 Å². The van der Waals surface area contributed by atoms with Crippen LogP contribution in [0.25, 0.3) is 0 Å². The number of halogens is 1. The summed E-state index contributed by atoms with van der Waals surface area (Å²) < 4.78 is 26.8. The number of sulfonamides is 1. The average Bonchev–Trinajstić information content (AvgIpc) is 2.57. The molecule has 1 fully saturated rings. The number of imide groups is 1. The summed E-state index contributed by atoms with van der Waals surface area (Å²) in [7, 11) is -2.57. The molecule has 0 radical (unpaired) electrons. The van der Waals surface area contributed by atoms with Gasteiger partial charge in [0.2, 0.25) is 21.8 Å². The summed E-state index contributed by atoms with van der Waals surface area (Å²) in [5.41, 5.74) is 0. The summed E-state index contributed by atoms with van der Waals surface area (Å²) in [6, 6.07) is 0.307. The highest BCUT2D eigenvalue weighted by Gasteiger charge is 2.38. The Morgan fingerprint density at radius 1 is 1.42 bits per heavy atom. The van der Waals surface area contributed by atoms with Crippen LogP contribution in [0.4, 0.5) is 0 Å². The molecule has 0 aromatic carbocycles. The molecular formula is C10H10BrN3O4S. The molecule has 0 aliphatic carbocycles. The van der Waals surface area contributed by atoms with Crippen LogP contribution in [0.2, 0.25) is 0 Å². The van der Waals surface area contributed by atoms with Crippen LogP contribution >= 0.6 is 15.9 Å². The Morgan fingerprint density at radius 2 is 2.11 bits per heavy atom. The van der Waals surface area contributed by atoms with Gasteiger partial charge in [-0.15, -0.1) is 0 Å². The summed E-state index contributed by atoms with van der Waals surface area (Å²) >= 11 is 3.11. The van der Waals surface area contributed by atoms with Gasteiger partial charge in [-0.05, 0) is 22.0 Å². The van der Waals surface area contributed by atoms with E-state index in [1.165, 1.54) is 19.3 Å². The second kappa shape index (κ2) is 4.99. The van der Waals surface area contributed by atoms with Crippen LogP contribution in [0.3, 0.4) is 0 Å². The van der Waals surface area contributed by atoms with Gasteiger partial charge in [-0.25, -0.2) is 8.42 Å². The van der Waals surface area contributed by atoms with Crippen molar-refractivity contribution in [2.24, 2.45) is 0 Å². The maximum absolute atomic E-state index is 12.0. The molecule has 2 rings (SSSR count). The van der Waals surface area contributed by atoms with Crippen molar-refractivity contribution in [1.29, 1.82) is 0 Å². The number of hydrogen-bond donors (Lipinski definition) is 1. The molecule has 1 aliphatic heterocycles. The number of rotatable bonds is 3. The van der Waals surface area contributed by atoms with Crippen molar-refractivity contribution in [3.05, 3.63) is 22.9 Å². The van der Waals surface area contributed by atoms with Crippen LogP contribution in [-0.4, -0.2) is 43.2 Å². The number of hydrogen-bond acceptors (Lipinski definition) is 5. The fourth-order valence-corrected chi connectivity index (χ4v) is 3.34. The molecule has 0 bridgehead atoms. The molecule has 102 valence electrons. The summed E-state index contributed by atoms with van der Waals surface area (Å²) in [6.45, 7) is 0. The third-order valence-electron chi connectivity index (χ3n) is 2.67. The quantitative estimate of drug-likeness (QED) is 0.769. The fraction of sp³-hybridized carbons (Fsp3) is 0.300. The number of pyridine rings is 1. The monoisotopic (exact) mass is 347 g/mol. The van der Waals surface area contributed by atoms with Gasteiger partial charge in [0.15, 0.2) is 0 Å². The molecule has 2 amide bonds. The van der Waals surface area contributed by atoms with E-state index in [0.29, 0.717) is 4.47 Å². The minimum Gasteiger partial charge on any atom is -0.284 e. The zero-order chi connectivity index (χ0) is 14.2. The van der Waals surface area contributed by atoms with E-state index in [4.69, 9.17) is 0 Å². The highest BCUT2D eigenvalue weighted by molar-refractivity contribution is 9.10. The standard InChI is InChI=1S/C10H10BrN3O4S/c1-14-9(15)3-8(10(14)16)13-19(17,18)7-2-6(11)4-12-5-7/h2,4-5,8,13H,3H2,1H3. The number of amides is 2. The second-order valence-electron chi connectivity index (χ2n) is 4.01. The lowest BCUT2D eigenvalue weighted by Crippen LogP contribution is -2.40. The number of nitrogens with one attached hydrogen (secondary N) is 1. The molecule has 9 heteroatoms. The highest BCUT2D eigenvalue weighted by atomic mass is 79.9. The summed E-state index contributed by atoms with van der Waals surface area (Å²) in [5, 5.41) is 0. The zero-order valence-corrected chi connectivity index (χ0v) is 12.2. The van der Waals surface area contributed by atoms with Crippen LogP contribution in [0.15, 0.2) is 27.8 Å². The summed E-state index contributed by atoms with van der Waals surface area (Å²) in [5.74, 6) is -0.971.